The number of imide groups is 1. The quantitative estimate of drug-likeness (QED) is 0.717. The van der Waals surface area contributed by atoms with Crippen molar-refractivity contribution < 1.29 is 9.59 Å². The molecule has 1 aromatic carbocycles. The zero-order chi connectivity index (χ0) is 22.6. The predicted octanol–water partition coefficient (Wildman–Crippen LogP) is 3.38. The lowest BCUT2D eigenvalue weighted by Crippen LogP contribution is -2.48. The van der Waals surface area contributed by atoms with Crippen LogP contribution in [0, 0.1) is 5.92 Å². The van der Waals surface area contributed by atoms with Gasteiger partial charge in [0.25, 0.3) is 0 Å². The van der Waals surface area contributed by atoms with Crippen LogP contribution in [-0.4, -0.2) is 62.5 Å². The van der Waals surface area contributed by atoms with E-state index in [0.29, 0.717) is 12.8 Å². The minimum atomic E-state index is -0.196. The summed E-state index contributed by atoms with van der Waals surface area (Å²) in [5.41, 5.74) is 2.24. The molecule has 3 aliphatic rings. The molecular formula is C25H42N4O2. The van der Waals surface area contributed by atoms with E-state index in [4.69, 9.17) is 0 Å². The molecule has 0 aromatic heterocycles. The van der Waals surface area contributed by atoms with Crippen LogP contribution >= 0.6 is 0 Å². The normalized spacial score (nSPS) is 22.6. The van der Waals surface area contributed by atoms with Gasteiger partial charge in [-0.05, 0) is 56.0 Å². The van der Waals surface area contributed by atoms with Crippen LogP contribution in [0.3, 0.4) is 0 Å². The Morgan fingerprint density at radius 1 is 0.871 bits per heavy atom. The van der Waals surface area contributed by atoms with Gasteiger partial charge in [-0.2, -0.15) is 0 Å². The van der Waals surface area contributed by atoms with E-state index >= 15 is 0 Å². The molecule has 3 aliphatic heterocycles. The molecule has 31 heavy (non-hydrogen) atoms. The van der Waals surface area contributed by atoms with Crippen molar-refractivity contribution in [3.05, 3.63) is 29.8 Å². The second-order valence-electron chi connectivity index (χ2n) is 8.08. The first kappa shape index (κ1) is 25.3. The topological polar surface area (TPSA) is 64.7 Å². The van der Waals surface area contributed by atoms with Crippen LogP contribution in [0.15, 0.2) is 24.3 Å². The summed E-state index contributed by atoms with van der Waals surface area (Å²) in [6.07, 6.45) is 3.65. The molecule has 2 amide bonds. The third-order valence-corrected chi connectivity index (χ3v) is 6.25. The zero-order valence-corrected chi connectivity index (χ0v) is 20.0. The smallest absolute Gasteiger partial charge is 0.234 e. The monoisotopic (exact) mass is 430 g/mol. The molecule has 6 heteroatoms. The predicted molar refractivity (Wildman–Crippen MR) is 129 cm³/mol. The molecule has 6 nitrogen and oxygen atoms in total. The van der Waals surface area contributed by atoms with E-state index in [1.54, 1.807) is 0 Å². The van der Waals surface area contributed by atoms with Gasteiger partial charge < -0.3 is 10.2 Å². The molecule has 0 spiro atoms. The number of piperazine rings is 1. The number of carbonyl (C=O) groups excluding carboxylic acids is 2. The number of hydrogen-bond acceptors (Lipinski definition) is 5. The summed E-state index contributed by atoms with van der Waals surface area (Å²) in [5.74, 6) is 0.338. The van der Waals surface area contributed by atoms with Gasteiger partial charge in [0.2, 0.25) is 11.8 Å². The van der Waals surface area contributed by atoms with Crippen molar-refractivity contribution in [3.8, 4) is 0 Å². The second kappa shape index (κ2) is 13.5. The maximum atomic E-state index is 12.0. The summed E-state index contributed by atoms with van der Waals surface area (Å²) in [6.45, 7) is 15.9. The molecule has 1 aromatic rings. The van der Waals surface area contributed by atoms with E-state index in [2.05, 4.69) is 44.7 Å². The van der Waals surface area contributed by atoms with Gasteiger partial charge in [-0.25, -0.2) is 0 Å². The Kier molecular flexibility index (Phi) is 11.0. The highest BCUT2D eigenvalue weighted by Gasteiger charge is 2.28. The first-order valence-electron chi connectivity index (χ1n) is 12.3. The number of nitrogens with one attached hydrogen (secondary N) is 2. The Morgan fingerprint density at radius 3 is 2.06 bits per heavy atom. The van der Waals surface area contributed by atoms with E-state index in [0.717, 1.165) is 37.7 Å². The zero-order valence-electron chi connectivity index (χ0n) is 20.0. The number of amides is 2. The minimum Gasteiger partial charge on any atom is -0.369 e. The summed E-state index contributed by atoms with van der Waals surface area (Å²) in [4.78, 5) is 28.4. The average molecular weight is 431 g/mol. The fourth-order valence-electron chi connectivity index (χ4n) is 4.55. The van der Waals surface area contributed by atoms with Crippen LogP contribution in [0.4, 0.5) is 5.69 Å². The van der Waals surface area contributed by atoms with Gasteiger partial charge in [-0.1, -0.05) is 39.8 Å². The minimum absolute atomic E-state index is 0.157. The summed E-state index contributed by atoms with van der Waals surface area (Å²) in [6, 6.07) is 8.36. The van der Waals surface area contributed by atoms with Gasteiger partial charge in [0.1, 0.15) is 0 Å². The number of hydrogen-bond donors (Lipinski definition) is 2. The molecule has 3 heterocycles. The number of benzene rings is 1. The summed E-state index contributed by atoms with van der Waals surface area (Å²) in [5, 5.41) is 5.89. The van der Waals surface area contributed by atoms with Crippen molar-refractivity contribution in [1.29, 1.82) is 0 Å². The van der Waals surface area contributed by atoms with Gasteiger partial charge >= 0.3 is 0 Å². The molecule has 1 atom stereocenters. The number of carbonyl (C=O) groups is 2. The maximum Gasteiger partial charge on any atom is 0.234 e. The molecule has 1 unspecified atom stereocenters. The maximum absolute atomic E-state index is 12.0. The van der Waals surface area contributed by atoms with Gasteiger partial charge in [0, 0.05) is 44.8 Å². The van der Waals surface area contributed by atoms with Crippen molar-refractivity contribution in [2.24, 2.45) is 5.92 Å². The summed E-state index contributed by atoms with van der Waals surface area (Å²) >= 11 is 0. The number of nitrogens with zero attached hydrogens (tertiary/aromatic N) is 2. The Labute approximate surface area is 188 Å². The van der Waals surface area contributed by atoms with Crippen molar-refractivity contribution in [1.82, 2.24) is 15.5 Å². The van der Waals surface area contributed by atoms with Crippen LogP contribution in [0.2, 0.25) is 0 Å². The van der Waals surface area contributed by atoms with Gasteiger partial charge in [0.15, 0.2) is 0 Å². The first-order chi connectivity index (χ1) is 15.2. The Hall–Kier alpha value is -1.92. The summed E-state index contributed by atoms with van der Waals surface area (Å²) < 4.78 is 0. The highest BCUT2D eigenvalue weighted by Crippen LogP contribution is 2.27. The molecule has 0 aliphatic carbocycles. The van der Waals surface area contributed by atoms with E-state index in [1.807, 2.05) is 27.7 Å². The van der Waals surface area contributed by atoms with Crippen LogP contribution in [0.1, 0.15) is 64.9 Å². The van der Waals surface area contributed by atoms with Crippen LogP contribution < -0.4 is 15.5 Å². The molecule has 3 saturated heterocycles. The van der Waals surface area contributed by atoms with Gasteiger partial charge in [0.05, 0.1) is 5.92 Å². The lowest BCUT2D eigenvalue weighted by molar-refractivity contribution is -0.134. The lowest BCUT2D eigenvalue weighted by atomic mass is 9.90. The first-order valence-corrected chi connectivity index (χ1v) is 12.3. The molecular weight excluding hydrogens is 388 g/mol. The number of piperidine rings is 2. The largest absolute Gasteiger partial charge is 0.369 e. The van der Waals surface area contributed by atoms with E-state index in [-0.39, 0.29) is 17.7 Å². The standard InChI is InChI=1S/C21H30N4O2.2C2H6/c26-20-6-5-19(21(27)23-20)17-1-3-18(4-2-17)25-13-11-24(12-14-25)15-16-7-9-22-10-8-16;2*1-2/h1-4,16,19,22H,5-15H2,(H,23,26,27);2*1-2H3. The molecule has 0 radical (unpaired) electrons. The number of anilines is 1. The van der Waals surface area contributed by atoms with Crippen molar-refractivity contribution in [3.63, 3.8) is 0 Å². The molecule has 4 rings (SSSR count). The Morgan fingerprint density at radius 2 is 1.48 bits per heavy atom. The van der Waals surface area contributed by atoms with Crippen molar-refractivity contribution in [2.75, 3.05) is 50.7 Å². The number of rotatable bonds is 4. The third-order valence-electron chi connectivity index (χ3n) is 6.25. The second-order valence-corrected chi connectivity index (χ2v) is 8.08. The third kappa shape index (κ3) is 7.32. The van der Waals surface area contributed by atoms with Crippen molar-refractivity contribution >= 4 is 17.5 Å². The van der Waals surface area contributed by atoms with Crippen LogP contribution in [-0.2, 0) is 9.59 Å². The highest BCUT2D eigenvalue weighted by atomic mass is 16.2. The van der Waals surface area contributed by atoms with Crippen LogP contribution in [0.25, 0.3) is 0 Å². The Bertz CT molecular complexity index is 663. The Balaban J connectivity index is 0.000000807. The van der Waals surface area contributed by atoms with E-state index in [1.165, 1.54) is 38.2 Å². The van der Waals surface area contributed by atoms with Gasteiger partial charge in [-0.3, -0.25) is 19.8 Å². The fourth-order valence-corrected chi connectivity index (χ4v) is 4.55. The van der Waals surface area contributed by atoms with Crippen LogP contribution in [0.5, 0.6) is 0 Å². The van der Waals surface area contributed by atoms with E-state index < -0.39 is 0 Å². The molecule has 3 fully saturated rings. The lowest BCUT2D eigenvalue weighted by Gasteiger charge is -2.38. The highest BCUT2D eigenvalue weighted by molar-refractivity contribution is 6.00. The van der Waals surface area contributed by atoms with Crippen molar-refractivity contribution in [2.45, 2.75) is 59.3 Å². The van der Waals surface area contributed by atoms with Gasteiger partial charge in [-0.15, -0.1) is 0 Å². The molecule has 0 saturated carbocycles. The average Bonchev–Trinajstić information content (AvgIpc) is 2.83. The van der Waals surface area contributed by atoms with E-state index in [9.17, 15) is 9.59 Å². The SMILES string of the molecule is CC.CC.O=C1CCC(c2ccc(N3CCN(CC4CCNCC4)CC3)cc2)C(=O)N1. The summed E-state index contributed by atoms with van der Waals surface area (Å²) in [7, 11) is 0. The fraction of sp³-hybridized carbons (Fsp3) is 0.680. The molecule has 174 valence electrons. The molecule has 0 bridgehead atoms. The molecule has 2 N–H and O–H groups in total.